The molecule has 5 atom stereocenters. The first kappa shape index (κ1) is 18.5. The number of hydrogen-bond acceptors (Lipinski definition) is 9. The number of imidazole rings is 1. The molecule has 0 saturated carbocycles. The highest BCUT2D eigenvalue weighted by Gasteiger charge is 2.48. The van der Waals surface area contributed by atoms with E-state index in [9.17, 15) is 14.5 Å². The van der Waals surface area contributed by atoms with Gasteiger partial charge in [0.05, 0.1) is 12.9 Å². The molecule has 1 saturated heterocycles. The van der Waals surface area contributed by atoms with E-state index < -0.39 is 45.0 Å². The molecule has 5 N–H and O–H groups in total. The summed E-state index contributed by atoms with van der Waals surface area (Å²) in [6.45, 7) is -0.646. The first-order chi connectivity index (χ1) is 12.5. The largest absolute Gasteiger partial charge is 0.394 e. The molecule has 12 nitrogen and oxygen atoms in total. The molecule has 1 fully saturated rings. The smallest absolute Gasteiger partial charge is 0.317 e. The molecule has 0 spiro atoms. The van der Waals surface area contributed by atoms with Gasteiger partial charge in [-0.25, -0.2) is 4.98 Å². The van der Waals surface area contributed by atoms with Crippen LogP contribution in [-0.4, -0.2) is 61.0 Å². The van der Waals surface area contributed by atoms with Crippen molar-refractivity contribution in [2.75, 3.05) is 18.9 Å². The quantitative estimate of drug-likeness (QED) is 0.334. The predicted molar refractivity (Wildman–Crippen MR) is 88.2 cm³/mol. The summed E-state index contributed by atoms with van der Waals surface area (Å²) in [4.78, 5) is 31.4. The minimum absolute atomic E-state index is 0.0131. The number of nitrogens with zero attached hydrogens (tertiary/aromatic N) is 3. The average molecular weight is 385 g/mol. The van der Waals surface area contributed by atoms with Crippen molar-refractivity contribution >= 4 is 25.4 Å². The number of aliphatic hydroxyl groups is 1. The monoisotopic (exact) mass is 385 g/mol. The molecule has 0 aromatic carbocycles. The number of nitrogen functional groups attached to an aromatic ring is 1. The number of anilines is 1. The van der Waals surface area contributed by atoms with Crippen LogP contribution < -0.4 is 11.3 Å². The molecule has 26 heavy (non-hydrogen) atoms. The second kappa shape index (κ2) is 7.55. The van der Waals surface area contributed by atoms with Crippen LogP contribution in [0, 0.1) is 12.3 Å². The van der Waals surface area contributed by atoms with Gasteiger partial charge in [-0.1, -0.05) is 5.92 Å². The number of nitrogens with two attached hydrogens (primary N) is 1. The predicted octanol–water partition coefficient (Wildman–Crippen LogP) is -1.62. The highest BCUT2D eigenvalue weighted by molar-refractivity contribution is 7.32. The summed E-state index contributed by atoms with van der Waals surface area (Å²) in [6, 6.07) is 0. The highest BCUT2D eigenvalue weighted by Crippen LogP contribution is 2.38. The molecule has 140 valence electrons. The molecule has 1 aliphatic heterocycles. The van der Waals surface area contributed by atoms with Crippen molar-refractivity contribution in [1.29, 1.82) is 0 Å². The first-order valence-corrected chi connectivity index (χ1v) is 8.66. The van der Waals surface area contributed by atoms with Crippen molar-refractivity contribution in [2.45, 2.75) is 24.5 Å². The van der Waals surface area contributed by atoms with Gasteiger partial charge in [-0.15, -0.1) is 6.42 Å². The lowest BCUT2D eigenvalue weighted by atomic mass is 10.1. The van der Waals surface area contributed by atoms with Crippen LogP contribution in [0.5, 0.6) is 0 Å². The van der Waals surface area contributed by atoms with Gasteiger partial charge >= 0.3 is 8.25 Å². The van der Waals surface area contributed by atoms with Gasteiger partial charge in [-0.2, -0.15) is 4.98 Å². The molecular weight excluding hydrogens is 369 g/mol. The zero-order chi connectivity index (χ0) is 18.8. The standard InChI is InChI=1S/C13H16N5O7P/c1-2-3-23-9-8(25-26(21)22)6(4-19)24-12(9)18-5-15-7-10(18)16-13(14)17-11(7)20/h1,5-6,8-9,12,19,26H,3-4H2,(H,21,22)(H3,14,16,17,20)/t6-,8?,9?,12-/m1/s1. The number of aromatic nitrogens is 4. The summed E-state index contributed by atoms with van der Waals surface area (Å²) in [5, 5.41) is 9.52. The van der Waals surface area contributed by atoms with Crippen molar-refractivity contribution in [1.82, 2.24) is 19.5 Å². The second-order valence-electron chi connectivity index (χ2n) is 5.35. The van der Waals surface area contributed by atoms with Crippen LogP contribution in [0.1, 0.15) is 6.23 Å². The number of H-pyrrole nitrogens is 1. The van der Waals surface area contributed by atoms with Gasteiger partial charge in [0, 0.05) is 0 Å². The van der Waals surface area contributed by atoms with Crippen LogP contribution in [0.25, 0.3) is 11.2 Å². The van der Waals surface area contributed by atoms with Crippen molar-refractivity contribution in [3.8, 4) is 12.3 Å². The van der Waals surface area contributed by atoms with Crippen LogP contribution in [0.2, 0.25) is 0 Å². The van der Waals surface area contributed by atoms with Gasteiger partial charge in [-0.3, -0.25) is 18.9 Å². The summed E-state index contributed by atoms with van der Waals surface area (Å²) in [5.74, 6) is 2.15. The van der Waals surface area contributed by atoms with Crippen LogP contribution in [0.15, 0.2) is 11.1 Å². The molecule has 1 aliphatic rings. The van der Waals surface area contributed by atoms with E-state index in [0.717, 1.165) is 0 Å². The van der Waals surface area contributed by atoms with E-state index in [1.807, 2.05) is 0 Å². The van der Waals surface area contributed by atoms with E-state index >= 15 is 0 Å². The zero-order valence-electron chi connectivity index (χ0n) is 13.2. The fourth-order valence-corrected chi connectivity index (χ4v) is 3.31. The lowest BCUT2D eigenvalue weighted by molar-refractivity contribution is -0.0635. The van der Waals surface area contributed by atoms with Crippen LogP contribution in [0.3, 0.4) is 0 Å². The summed E-state index contributed by atoms with van der Waals surface area (Å²) in [5.41, 5.74) is 5.15. The topological polar surface area (TPSA) is 175 Å². The molecule has 3 heterocycles. The van der Waals surface area contributed by atoms with Crippen molar-refractivity contribution in [2.24, 2.45) is 0 Å². The molecule has 3 rings (SSSR count). The maximum atomic E-state index is 11.9. The first-order valence-electron chi connectivity index (χ1n) is 7.39. The summed E-state index contributed by atoms with van der Waals surface area (Å²) in [7, 11) is -3.35. The third-order valence-corrected chi connectivity index (χ3v) is 4.26. The number of ether oxygens (including phenoxy) is 2. The SMILES string of the molecule is C#CCOC1C(O[PH](=O)O)[C@@H](CO)O[C@H]1n1cnc2c(=O)[nH]c(N)nc21. The van der Waals surface area contributed by atoms with Crippen LogP contribution in [0.4, 0.5) is 5.95 Å². The third-order valence-electron chi connectivity index (χ3n) is 3.79. The van der Waals surface area contributed by atoms with Gasteiger partial charge in [-0.05, 0) is 0 Å². The number of hydrogen-bond donors (Lipinski definition) is 4. The minimum atomic E-state index is -3.35. The number of aliphatic hydroxyl groups excluding tert-OH is 1. The molecule has 0 bridgehead atoms. The molecule has 2 aromatic rings. The average Bonchev–Trinajstić information content (AvgIpc) is 3.14. The fraction of sp³-hybridized carbons (Fsp3) is 0.462. The van der Waals surface area contributed by atoms with Crippen molar-refractivity contribution in [3.05, 3.63) is 16.7 Å². The maximum absolute atomic E-state index is 11.9. The minimum Gasteiger partial charge on any atom is -0.394 e. The van der Waals surface area contributed by atoms with Crippen LogP contribution >= 0.6 is 8.25 Å². The molecule has 2 aromatic heterocycles. The molecular formula is C13H16N5O7P. The lowest BCUT2D eigenvalue weighted by Crippen LogP contribution is -2.36. The number of terminal acetylenes is 1. The van der Waals surface area contributed by atoms with Crippen molar-refractivity contribution in [3.63, 3.8) is 0 Å². The molecule has 0 radical (unpaired) electrons. The number of nitrogens with one attached hydrogen (secondary N) is 1. The van der Waals surface area contributed by atoms with Gasteiger partial charge < -0.3 is 29.7 Å². The van der Waals surface area contributed by atoms with Gasteiger partial charge in [0.25, 0.3) is 5.56 Å². The van der Waals surface area contributed by atoms with Crippen LogP contribution in [-0.2, 0) is 18.6 Å². The van der Waals surface area contributed by atoms with E-state index in [2.05, 4.69) is 20.9 Å². The Labute approximate surface area is 146 Å². The van der Waals surface area contributed by atoms with E-state index in [4.69, 9.17) is 31.0 Å². The van der Waals surface area contributed by atoms with E-state index in [1.54, 1.807) is 0 Å². The Hall–Kier alpha value is -2.26. The Bertz CT molecular complexity index is 922. The second-order valence-corrected chi connectivity index (χ2v) is 6.12. The summed E-state index contributed by atoms with van der Waals surface area (Å²) in [6.07, 6.45) is 2.49. The number of aromatic amines is 1. The van der Waals surface area contributed by atoms with Gasteiger partial charge in [0.15, 0.2) is 17.4 Å². The summed E-state index contributed by atoms with van der Waals surface area (Å²) >= 11 is 0. The van der Waals surface area contributed by atoms with Gasteiger partial charge in [0.1, 0.15) is 24.9 Å². The lowest BCUT2D eigenvalue weighted by Gasteiger charge is -2.23. The number of rotatable bonds is 6. The van der Waals surface area contributed by atoms with Gasteiger partial charge in [0.2, 0.25) is 5.95 Å². The Balaban J connectivity index is 2.06. The fourth-order valence-electron chi connectivity index (χ4n) is 2.79. The Kier molecular flexibility index (Phi) is 5.38. The van der Waals surface area contributed by atoms with E-state index in [-0.39, 0.29) is 23.7 Å². The molecule has 3 unspecified atom stereocenters. The van der Waals surface area contributed by atoms with Crippen molar-refractivity contribution < 1.29 is 28.6 Å². The maximum Gasteiger partial charge on any atom is 0.317 e. The summed E-state index contributed by atoms with van der Waals surface area (Å²) < 4.78 is 28.7. The Morgan fingerprint density at radius 2 is 2.31 bits per heavy atom. The Morgan fingerprint density at radius 1 is 1.54 bits per heavy atom. The number of fused-ring (bicyclic) bond motifs is 1. The molecule has 0 amide bonds. The van der Waals surface area contributed by atoms with E-state index in [1.165, 1.54) is 10.9 Å². The Morgan fingerprint density at radius 3 is 2.96 bits per heavy atom. The zero-order valence-corrected chi connectivity index (χ0v) is 14.2. The molecule has 0 aliphatic carbocycles. The highest BCUT2D eigenvalue weighted by atomic mass is 31.1. The van der Waals surface area contributed by atoms with E-state index in [0.29, 0.717) is 0 Å². The normalized spacial score (nSPS) is 26.8. The molecule has 13 heteroatoms. The third kappa shape index (κ3) is 3.36.